The molecule has 8 aromatic rings. The second-order valence-corrected chi connectivity index (χ2v) is 12.3. The van der Waals surface area contributed by atoms with Crippen LogP contribution in [0.15, 0.2) is 163 Å². The van der Waals surface area contributed by atoms with Crippen molar-refractivity contribution >= 4 is 11.0 Å². The van der Waals surface area contributed by atoms with E-state index in [4.69, 9.17) is 20.1 Å². The molecule has 0 aliphatic heterocycles. The van der Waals surface area contributed by atoms with Gasteiger partial charge in [-0.1, -0.05) is 146 Å². The predicted octanol–water partition coefficient (Wildman–Crippen LogP) is 8.23. The molecule has 248 valence electrons. The number of hydrogen-bond acceptors (Lipinski definition) is 6. The van der Waals surface area contributed by atoms with E-state index in [1.54, 1.807) is 10.9 Å². The minimum absolute atomic E-state index is 0.193. The molecule has 0 spiro atoms. The number of hydrogen-bond donors (Lipinski definition) is 1. The van der Waals surface area contributed by atoms with Crippen LogP contribution in [0.1, 0.15) is 34.9 Å². The van der Waals surface area contributed by atoms with Gasteiger partial charge in [0.15, 0.2) is 5.54 Å². The highest BCUT2D eigenvalue weighted by atomic mass is 16.5. The number of benzene rings is 5. The van der Waals surface area contributed by atoms with Crippen molar-refractivity contribution in [1.29, 1.82) is 0 Å². The van der Waals surface area contributed by atoms with Crippen LogP contribution in [0, 0.1) is 0 Å². The van der Waals surface area contributed by atoms with Gasteiger partial charge in [0, 0.05) is 23.4 Å². The molecule has 0 aliphatic rings. The van der Waals surface area contributed by atoms with E-state index in [0.717, 1.165) is 51.1 Å². The first kappa shape index (κ1) is 31.6. The summed E-state index contributed by atoms with van der Waals surface area (Å²) in [5, 5.41) is 14.6. The van der Waals surface area contributed by atoms with E-state index < -0.39 is 5.54 Å². The summed E-state index contributed by atoms with van der Waals surface area (Å²) in [5.41, 5.74) is 8.07. The molecule has 0 aliphatic carbocycles. The highest BCUT2D eigenvalue weighted by molar-refractivity contribution is 5.81. The summed E-state index contributed by atoms with van der Waals surface area (Å²) in [7, 11) is 0. The first-order valence-electron chi connectivity index (χ1n) is 16.9. The van der Waals surface area contributed by atoms with Gasteiger partial charge in [-0.2, -0.15) is 0 Å². The van der Waals surface area contributed by atoms with Crippen LogP contribution in [0.3, 0.4) is 0 Å². The molecule has 0 saturated heterocycles. The quantitative estimate of drug-likeness (QED) is 0.148. The van der Waals surface area contributed by atoms with Crippen LogP contribution in [-0.4, -0.2) is 30.2 Å². The van der Waals surface area contributed by atoms with Gasteiger partial charge in [0.05, 0.1) is 5.52 Å². The molecule has 8 heteroatoms. The third kappa shape index (κ3) is 5.97. The Morgan fingerprint density at radius 3 is 1.88 bits per heavy atom. The van der Waals surface area contributed by atoms with E-state index in [1.165, 1.54) is 6.07 Å². The second kappa shape index (κ2) is 13.7. The number of pyridine rings is 2. The third-order valence-corrected chi connectivity index (χ3v) is 9.18. The number of nitrogens with zero attached hydrogens (tertiary/aromatic N) is 5. The van der Waals surface area contributed by atoms with Crippen molar-refractivity contribution in [3.05, 3.63) is 196 Å². The van der Waals surface area contributed by atoms with Crippen LogP contribution in [-0.2, 0) is 18.6 Å². The summed E-state index contributed by atoms with van der Waals surface area (Å²) < 4.78 is 6.24. The van der Waals surface area contributed by atoms with Crippen molar-refractivity contribution in [3.63, 3.8) is 0 Å². The fraction of sp³-hybridized carbons (Fsp3) is 0.0930. The van der Waals surface area contributed by atoms with Crippen molar-refractivity contribution in [2.24, 2.45) is 0 Å². The summed E-state index contributed by atoms with van der Waals surface area (Å²) in [6, 6.07) is 52.5. The lowest BCUT2D eigenvalue weighted by Gasteiger charge is -2.34. The number of rotatable bonds is 10. The summed E-state index contributed by atoms with van der Waals surface area (Å²) in [6.07, 6.45) is 0.758. The van der Waals surface area contributed by atoms with Crippen LogP contribution < -0.4 is 10.3 Å². The average Bonchev–Trinajstić information content (AvgIpc) is 3.69. The zero-order valence-corrected chi connectivity index (χ0v) is 28.0. The maximum absolute atomic E-state index is 12.1. The summed E-state index contributed by atoms with van der Waals surface area (Å²) >= 11 is 0. The smallest absolute Gasteiger partial charge is 0.248 e. The molecule has 5 aromatic carbocycles. The fourth-order valence-electron chi connectivity index (χ4n) is 6.67. The fourth-order valence-corrected chi connectivity index (χ4v) is 6.67. The second-order valence-electron chi connectivity index (χ2n) is 12.3. The van der Waals surface area contributed by atoms with Gasteiger partial charge < -0.3 is 9.72 Å². The molecule has 0 bridgehead atoms. The highest BCUT2D eigenvalue weighted by Crippen LogP contribution is 2.40. The Balaban J connectivity index is 1.14. The summed E-state index contributed by atoms with van der Waals surface area (Å²) in [5.74, 6) is 1.13. The van der Waals surface area contributed by atoms with E-state index in [0.29, 0.717) is 29.2 Å². The monoisotopic (exact) mass is 666 g/mol. The normalized spacial score (nSPS) is 11.5. The molecule has 0 fully saturated rings. The Morgan fingerprint density at radius 2 is 1.27 bits per heavy atom. The Morgan fingerprint density at radius 1 is 0.686 bits per heavy atom. The molecule has 0 amide bonds. The molecular weight excluding hydrogens is 633 g/mol. The maximum Gasteiger partial charge on any atom is 0.248 e. The Labute approximate surface area is 295 Å². The standard InChI is InChI=1S/C43H34N6O2/c1-2-35-28-39(41-38(44-35)26-27-40(50)45-41)51-29-30-22-24-31(25-23-30)36-20-12-13-21-37(36)42-46-48-49(47-42)43(32-14-6-3-7-15-32,33-16-8-4-9-17-33)34-18-10-5-11-19-34/h3-28H,2,29H2,1H3,(H,45,50). The number of ether oxygens (including phenoxy) is 1. The van der Waals surface area contributed by atoms with Gasteiger partial charge in [-0.25, -0.2) is 0 Å². The molecular formula is C43H34N6O2. The molecule has 3 heterocycles. The lowest BCUT2D eigenvalue weighted by molar-refractivity contribution is 0.309. The molecule has 0 unspecified atom stereocenters. The molecule has 0 atom stereocenters. The van der Waals surface area contributed by atoms with E-state index in [1.807, 2.05) is 85.8 Å². The van der Waals surface area contributed by atoms with Crippen molar-refractivity contribution in [2.45, 2.75) is 25.5 Å². The van der Waals surface area contributed by atoms with Crippen molar-refractivity contribution in [3.8, 4) is 28.3 Å². The van der Waals surface area contributed by atoms with Crippen molar-refractivity contribution < 1.29 is 4.74 Å². The molecule has 0 radical (unpaired) electrons. The van der Waals surface area contributed by atoms with Gasteiger partial charge in [0.2, 0.25) is 11.4 Å². The third-order valence-electron chi connectivity index (χ3n) is 9.18. The lowest BCUT2D eigenvalue weighted by atomic mass is 9.77. The molecule has 0 saturated carbocycles. The molecule has 1 N–H and O–H groups in total. The number of aryl methyl sites for hydroxylation is 1. The number of aromatic nitrogens is 6. The largest absolute Gasteiger partial charge is 0.487 e. The van der Waals surface area contributed by atoms with Crippen molar-refractivity contribution in [2.75, 3.05) is 0 Å². The van der Waals surface area contributed by atoms with Gasteiger partial charge in [0.25, 0.3) is 0 Å². The zero-order valence-electron chi connectivity index (χ0n) is 28.0. The van der Waals surface area contributed by atoms with Crippen LogP contribution in [0.25, 0.3) is 33.5 Å². The average molecular weight is 667 g/mol. The Kier molecular flexibility index (Phi) is 8.47. The maximum atomic E-state index is 12.1. The molecule has 51 heavy (non-hydrogen) atoms. The number of nitrogens with one attached hydrogen (secondary N) is 1. The predicted molar refractivity (Wildman–Crippen MR) is 199 cm³/mol. The van der Waals surface area contributed by atoms with Gasteiger partial charge in [-0.15, -0.1) is 15.0 Å². The highest BCUT2D eigenvalue weighted by Gasteiger charge is 2.41. The van der Waals surface area contributed by atoms with Crippen molar-refractivity contribution in [1.82, 2.24) is 30.2 Å². The number of aromatic amines is 1. The van der Waals surface area contributed by atoms with Gasteiger partial charge >= 0.3 is 0 Å². The minimum atomic E-state index is -0.864. The number of H-pyrrole nitrogens is 1. The van der Waals surface area contributed by atoms with E-state index >= 15 is 0 Å². The summed E-state index contributed by atoms with van der Waals surface area (Å²) in [6.45, 7) is 2.38. The van der Waals surface area contributed by atoms with E-state index in [9.17, 15) is 4.79 Å². The van der Waals surface area contributed by atoms with Crippen LogP contribution in [0.2, 0.25) is 0 Å². The Bertz CT molecular complexity index is 2380. The van der Waals surface area contributed by atoms with Crippen LogP contribution in [0.5, 0.6) is 5.75 Å². The van der Waals surface area contributed by atoms with Gasteiger partial charge in [0.1, 0.15) is 17.9 Å². The molecule has 8 nitrogen and oxygen atoms in total. The number of tetrazole rings is 1. The minimum Gasteiger partial charge on any atom is -0.487 e. The Hall–Kier alpha value is -6.67. The first-order chi connectivity index (χ1) is 25.1. The van der Waals surface area contributed by atoms with Crippen LogP contribution >= 0.6 is 0 Å². The SMILES string of the molecule is CCc1cc(OCc2ccc(-c3ccccc3-c3nnn(C(c4ccccc4)(c4ccccc4)c4ccccc4)n3)cc2)c2[nH]c(=O)ccc2n1. The van der Waals surface area contributed by atoms with Gasteiger partial charge in [-0.3, -0.25) is 9.78 Å². The zero-order chi connectivity index (χ0) is 34.6. The topological polar surface area (TPSA) is 98.6 Å². The van der Waals surface area contributed by atoms with E-state index in [2.05, 4.69) is 76.7 Å². The van der Waals surface area contributed by atoms with Gasteiger partial charge in [-0.05, 0) is 51.1 Å². The first-order valence-corrected chi connectivity index (χ1v) is 16.9. The number of fused-ring (bicyclic) bond motifs is 1. The summed E-state index contributed by atoms with van der Waals surface area (Å²) in [4.78, 5) is 21.3. The molecule has 3 aromatic heterocycles. The molecule has 8 rings (SSSR count). The lowest BCUT2D eigenvalue weighted by Crippen LogP contribution is -2.39. The van der Waals surface area contributed by atoms with Crippen LogP contribution in [0.4, 0.5) is 0 Å². The van der Waals surface area contributed by atoms with E-state index in [-0.39, 0.29) is 5.56 Å².